The Morgan fingerprint density at radius 3 is 2.60 bits per heavy atom. The average Bonchev–Trinajstić information content (AvgIpc) is 2.34. The first-order chi connectivity index (χ1) is 9.12. The van der Waals surface area contributed by atoms with Crippen LogP contribution in [0.15, 0.2) is 23.1 Å². The summed E-state index contributed by atoms with van der Waals surface area (Å²) in [4.78, 5) is 11.6. The van der Waals surface area contributed by atoms with Gasteiger partial charge in [0.2, 0.25) is 10.0 Å². The van der Waals surface area contributed by atoms with Gasteiger partial charge in [-0.25, -0.2) is 13.6 Å². The van der Waals surface area contributed by atoms with Gasteiger partial charge < -0.3 is 5.32 Å². The van der Waals surface area contributed by atoms with Crippen LogP contribution in [0.1, 0.15) is 17.3 Å². The first-order valence-electron chi connectivity index (χ1n) is 5.55. The Bertz CT molecular complexity index is 646. The van der Waals surface area contributed by atoms with E-state index in [1.54, 1.807) is 6.92 Å². The summed E-state index contributed by atoms with van der Waals surface area (Å²) in [5.41, 5.74) is 0.118. The van der Waals surface area contributed by atoms with Crippen molar-refractivity contribution >= 4 is 38.3 Å². The molecule has 1 aromatic carbocycles. The van der Waals surface area contributed by atoms with Crippen LogP contribution in [-0.4, -0.2) is 36.6 Å². The largest absolute Gasteiger partial charge is 0.351 e. The number of sulfonamides is 1. The van der Waals surface area contributed by atoms with Crippen molar-refractivity contribution in [3.63, 3.8) is 0 Å². The van der Waals surface area contributed by atoms with E-state index < -0.39 is 26.7 Å². The van der Waals surface area contributed by atoms with Crippen molar-refractivity contribution in [2.24, 2.45) is 5.14 Å². The normalized spacial score (nSPS) is 14.6. The number of hydrogen-bond acceptors (Lipinski definition) is 4. The van der Waals surface area contributed by atoms with Gasteiger partial charge >= 0.3 is 0 Å². The monoisotopic (exact) mass is 338 g/mol. The molecule has 20 heavy (non-hydrogen) atoms. The van der Waals surface area contributed by atoms with Crippen molar-refractivity contribution in [3.8, 4) is 0 Å². The third-order valence-electron chi connectivity index (χ3n) is 2.62. The van der Waals surface area contributed by atoms with Crippen LogP contribution in [-0.2, 0) is 20.8 Å². The molecule has 0 saturated carbocycles. The Balaban J connectivity index is 2.93. The van der Waals surface area contributed by atoms with Gasteiger partial charge in [0, 0.05) is 34.4 Å². The summed E-state index contributed by atoms with van der Waals surface area (Å²) in [5.74, 6) is -0.483. The molecule has 0 aliphatic heterocycles. The van der Waals surface area contributed by atoms with Crippen molar-refractivity contribution < 1.29 is 17.4 Å². The van der Waals surface area contributed by atoms with Crippen molar-refractivity contribution in [2.75, 3.05) is 12.8 Å². The van der Waals surface area contributed by atoms with Gasteiger partial charge in [0.25, 0.3) is 5.91 Å². The van der Waals surface area contributed by atoms with Crippen molar-refractivity contribution in [1.82, 2.24) is 5.32 Å². The fourth-order valence-corrected chi connectivity index (χ4v) is 2.71. The van der Waals surface area contributed by atoms with Crippen LogP contribution >= 0.6 is 11.6 Å². The van der Waals surface area contributed by atoms with Gasteiger partial charge in [0.15, 0.2) is 0 Å². The Morgan fingerprint density at radius 1 is 1.50 bits per heavy atom. The zero-order chi connectivity index (χ0) is 15.5. The van der Waals surface area contributed by atoms with Crippen LogP contribution in [0.3, 0.4) is 0 Å². The molecule has 0 spiro atoms. The first-order valence-corrected chi connectivity index (χ1v) is 9.10. The van der Waals surface area contributed by atoms with Gasteiger partial charge in [-0.1, -0.05) is 11.6 Å². The summed E-state index contributed by atoms with van der Waals surface area (Å²) in [6.07, 6.45) is 1.54. The quantitative estimate of drug-likeness (QED) is 0.814. The van der Waals surface area contributed by atoms with Crippen molar-refractivity contribution in [1.29, 1.82) is 0 Å². The lowest BCUT2D eigenvalue weighted by molar-refractivity contribution is 0.0954. The van der Waals surface area contributed by atoms with E-state index in [-0.39, 0.29) is 27.3 Å². The van der Waals surface area contributed by atoms with Crippen molar-refractivity contribution in [3.05, 3.63) is 28.8 Å². The number of nitrogens with one attached hydrogen (secondary N) is 1. The highest BCUT2D eigenvalue weighted by Crippen LogP contribution is 2.21. The van der Waals surface area contributed by atoms with Gasteiger partial charge in [0.05, 0.1) is 5.02 Å². The Hall–Kier alpha value is -0.960. The minimum Gasteiger partial charge on any atom is -0.351 e. The summed E-state index contributed by atoms with van der Waals surface area (Å²) in [5, 5.41) is 7.32. The number of benzene rings is 1. The standard InChI is InChI=1S/C11H15ClN2O4S2/c1-7(19(2)16)6-14-11(15)8-3-4-9(12)10(5-8)20(13,17)18/h3-5,7H,6H2,1-2H3,(H,14,15)(H2,13,17,18). The fraction of sp³-hybridized carbons (Fsp3) is 0.364. The second-order valence-corrected chi connectivity index (χ2v) is 7.95. The number of primary sulfonamides is 1. The van der Waals surface area contributed by atoms with Gasteiger partial charge in [-0.3, -0.25) is 9.00 Å². The highest BCUT2D eigenvalue weighted by molar-refractivity contribution is 7.89. The summed E-state index contributed by atoms with van der Waals surface area (Å²) in [6, 6.07) is 3.79. The molecule has 0 bridgehead atoms. The fourth-order valence-electron chi connectivity index (χ4n) is 1.32. The molecule has 0 aromatic heterocycles. The Morgan fingerprint density at radius 2 is 2.10 bits per heavy atom. The molecule has 0 heterocycles. The van der Waals surface area contributed by atoms with Gasteiger partial charge in [-0.2, -0.15) is 0 Å². The lowest BCUT2D eigenvalue weighted by Crippen LogP contribution is -2.32. The molecule has 0 aliphatic carbocycles. The zero-order valence-electron chi connectivity index (χ0n) is 10.9. The summed E-state index contributed by atoms with van der Waals surface area (Å²) in [6.45, 7) is 1.95. The number of nitrogens with two attached hydrogens (primary N) is 1. The zero-order valence-corrected chi connectivity index (χ0v) is 13.3. The maximum Gasteiger partial charge on any atom is 0.251 e. The molecule has 0 aliphatic rings. The van der Waals surface area contributed by atoms with E-state index in [0.717, 1.165) is 6.07 Å². The van der Waals surface area contributed by atoms with Gasteiger partial charge in [-0.05, 0) is 25.1 Å². The van der Waals surface area contributed by atoms with E-state index in [1.807, 2.05) is 0 Å². The molecule has 1 rings (SSSR count). The molecule has 2 unspecified atom stereocenters. The van der Waals surface area contributed by atoms with E-state index in [4.69, 9.17) is 16.7 Å². The molecule has 0 fully saturated rings. The van der Waals surface area contributed by atoms with Crippen LogP contribution in [0, 0.1) is 0 Å². The lowest BCUT2D eigenvalue weighted by atomic mass is 10.2. The van der Waals surface area contributed by atoms with E-state index in [1.165, 1.54) is 18.4 Å². The number of halogens is 1. The number of rotatable bonds is 5. The van der Waals surface area contributed by atoms with Crippen LogP contribution in [0.5, 0.6) is 0 Å². The van der Waals surface area contributed by atoms with Crippen LogP contribution < -0.4 is 10.5 Å². The number of amides is 1. The smallest absolute Gasteiger partial charge is 0.251 e. The molecule has 2 atom stereocenters. The second kappa shape index (κ2) is 6.66. The predicted molar refractivity (Wildman–Crippen MR) is 78.7 cm³/mol. The topological polar surface area (TPSA) is 106 Å². The maximum atomic E-state index is 11.9. The van der Waals surface area contributed by atoms with Gasteiger partial charge in [-0.15, -0.1) is 0 Å². The minimum absolute atomic E-state index is 0.0490. The first kappa shape index (κ1) is 17.1. The Labute approximate surface area is 125 Å². The SMILES string of the molecule is CC(CNC(=O)c1ccc(Cl)c(S(N)(=O)=O)c1)S(C)=O. The van der Waals surface area contributed by atoms with E-state index in [0.29, 0.717) is 0 Å². The lowest BCUT2D eigenvalue weighted by Gasteiger charge is -2.11. The minimum atomic E-state index is -3.99. The highest BCUT2D eigenvalue weighted by atomic mass is 35.5. The average molecular weight is 339 g/mol. The van der Waals surface area contributed by atoms with Crippen molar-refractivity contribution in [2.45, 2.75) is 17.1 Å². The summed E-state index contributed by atoms with van der Waals surface area (Å²) < 4.78 is 33.8. The van der Waals surface area contributed by atoms with Gasteiger partial charge in [0.1, 0.15) is 4.90 Å². The van der Waals surface area contributed by atoms with Crippen LogP contribution in [0.2, 0.25) is 5.02 Å². The van der Waals surface area contributed by atoms with E-state index in [9.17, 15) is 17.4 Å². The predicted octanol–water partition coefficient (Wildman–Crippen LogP) is 0.484. The molecule has 1 amide bonds. The highest BCUT2D eigenvalue weighted by Gasteiger charge is 2.17. The molecule has 6 nitrogen and oxygen atoms in total. The number of hydrogen-bond donors (Lipinski definition) is 2. The molecule has 112 valence electrons. The van der Waals surface area contributed by atoms with E-state index in [2.05, 4.69) is 5.32 Å². The molecular weight excluding hydrogens is 324 g/mol. The molecule has 0 saturated heterocycles. The maximum absolute atomic E-state index is 11.9. The van der Waals surface area contributed by atoms with Crippen LogP contribution in [0.25, 0.3) is 0 Å². The molecule has 0 radical (unpaired) electrons. The molecular formula is C11H15ClN2O4S2. The molecule has 3 N–H and O–H groups in total. The third-order valence-corrected chi connectivity index (χ3v) is 5.31. The molecule has 1 aromatic rings. The second-order valence-electron chi connectivity index (χ2n) is 4.21. The molecule has 9 heteroatoms. The summed E-state index contributed by atoms with van der Waals surface area (Å²) in [7, 11) is -5.05. The number of carbonyl (C=O) groups is 1. The Kier molecular flexibility index (Phi) is 5.69. The van der Waals surface area contributed by atoms with E-state index >= 15 is 0 Å². The van der Waals surface area contributed by atoms with Crippen LogP contribution in [0.4, 0.5) is 0 Å². The summed E-state index contributed by atoms with van der Waals surface area (Å²) >= 11 is 5.72. The third kappa shape index (κ3) is 4.55. The number of carbonyl (C=O) groups excluding carboxylic acids is 1.